The van der Waals surface area contributed by atoms with Gasteiger partial charge in [0.15, 0.2) is 0 Å². The highest BCUT2D eigenvalue weighted by Crippen LogP contribution is 2.33. The summed E-state index contributed by atoms with van der Waals surface area (Å²) in [4.78, 5) is 11.7. The molecule has 0 aliphatic carbocycles. The van der Waals surface area contributed by atoms with E-state index < -0.39 is 23.8 Å². The number of carbonyl (C=O) groups excluding carboxylic acids is 1. The third-order valence-electron chi connectivity index (χ3n) is 5.56. The molecule has 0 aromatic heterocycles. The Morgan fingerprint density at radius 2 is 1.84 bits per heavy atom. The highest BCUT2D eigenvalue weighted by molar-refractivity contribution is 5.73. The van der Waals surface area contributed by atoms with E-state index in [1.54, 1.807) is 0 Å². The number of rotatable bonds is 9. The van der Waals surface area contributed by atoms with Gasteiger partial charge >= 0.3 is 0 Å². The zero-order valence-corrected chi connectivity index (χ0v) is 18.8. The van der Waals surface area contributed by atoms with Crippen molar-refractivity contribution in [2.75, 3.05) is 13.2 Å². The number of benzene rings is 2. The van der Waals surface area contributed by atoms with Crippen molar-refractivity contribution in [2.24, 2.45) is 5.92 Å². The molecule has 2 aromatic rings. The van der Waals surface area contributed by atoms with Crippen molar-refractivity contribution >= 4 is 5.91 Å². The second kappa shape index (κ2) is 10.9. The van der Waals surface area contributed by atoms with E-state index in [4.69, 9.17) is 4.74 Å². The Bertz CT molecular complexity index is 915. The van der Waals surface area contributed by atoms with Crippen molar-refractivity contribution in [2.45, 2.75) is 58.2 Å². The van der Waals surface area contributed by atoms with Gasteiger partial charge in [0.25, 0.3) is 0 Å². The van der Waals surface area contributed by atoms with Crippen molar-refractivity contribution in [3.8, 4) is 5.75 Å². The molecule has 1 heterocycles. The van der Waals surface area contributed by atoms with Gasteiger partial charge in [0, 0.05) is 37.6 Å². The molecule has 1 aliphatic heterocycles. The topological polar surface area (TPSA) is 70.6 Å². The molecule has 3 rings (SSSR count). The fraction of sp³-hybridized carbons (Fsp3) is 0.480. The number of hydrogen-bond donors (Lipinski definition) is 3. The normalized spacial score (nSPS) is 17.4. The lowest BCUT2D eigenvalue weighted by molar-refractivity contribution is -0.120. The average molecular weight is 447 g/mol. The second-order valence-electron chi connectivity index (χ2n) is 8.92. The smallest absolute Gasteiger partial charge is 0.217 e. The molecular formula is C25H32F2N2O3. The summed E-state index contributed by atoms with van der Waals surface area (Å²) in [7, 11) is 0. The van der Waals surface area contributed by atoms with Crippen LogP contribution < -0.4 is 15.4 Å². The lowest BCUT2D eigenvalue weighted by Crippen LogP contribution is -2.48. The molecule has 0 saturated heterocycles. The van der Waals surface area contributed by atoms with Crippen molar-refractivity contribution in [3.05, 3.63) is 64.7 Å². The Morgan fingerprint density at radius 1 is 1.12 bits per heavy atom. The van der Waals surface area contributed by atoms with E-state index >= 15 is 0 Å². The van der Waals surface area contributed by atoms with E-state index in [0.717, 1.165) is 30.2 Å². The van der Waals surface area contributed by atoms with Gasteiger partial charge in [-0.05, 0) is 48.1 Å². The predicted molar refractivity (Wildman–Crippen MR) is 120 cm³/mol. The quantitative estimate of drug-likeness (QED) is 0.550. The summed E-state index contributed by atoms with van der Waals surface area (Å²) < 4.78 is 32.9. The van der Waals surface area contributed by atoms with E-state index in [-0.39, 0.29) is 24.9 Å². The van der Waals surface area contributed by atoms with Gasteiger partial charge in [-0.25, -0.2) is 8.78 Å². The molecule has 1 amide bonds. The monoisotopic (exact) mass is 446 g/mol. The maximum atomic E-state index is 13.6. The van der Waals surface area contributed by atoms with E-state index in [1.165, 1.54) is 24.6 Å². The van der Waals surface area contributed by atoms with Gasteiger partial charge in [-0.1, -0.05) is 26.0 Å². The first-order chi connectivity index (χ1) is 15.2. The zero-order chi connectivity index (χ0) is 23.3. The molecule has 174 valence electrons. The van der Waals surface area contributed by atoms with Crippen LogP contribution in [0.25, 0.3) is 0 Å². The van der Waals surface area contributed by atoms with Crippen LogP contribution in [0, 0.1) is 17.6 Å². The summed E-state index contributed by atoms with van der Waals surface area (Å²) in [5, 5.41) is 16.9. The molecule has 3 atom stereocenters. The number of amides is 1. The molecular weight excluding hydrogens is 414 g/mol. The van der Waals surface area contributed by atoms with Crippen LogP contribution in [0.15, 0.2) is 36.4 Å². The fourth-order valence-electron chi connectivity index (χ4n) is 4.19. The van der Waals surface area contributed by atoms with Crippen molar-refractivity contribution < 1.29 is 23.4 Å². The number of ether oxygens (including phenoxy) is 1. The molecule has 0 fully saturated rings. The number of nitrogens with one attached hydrogen (secondary N) is 2. The van der Waals surface area contributed by atoms with Gasteiger partial charge < -0.3 is 20.5 Å². The molecule has 5 nitrogen and oxygen atoms in total. The highest BCUT2D eigenvalue weighted by Gasteiger charge is 2.26. The summed E-state index contributed by atoms with van der Waals surface area (Å²) in [5.41, 5.74) is 2.67. The molecule has 0 bridgehead atoms. The first-order valence-electron chi connectivity index (χ1n) is 11.1. The number of hydrogen-bond acceptors (Lipinski definition) is 4. The first kappa shape index (κ1) is 24.1. The van der Waals surface area contributed by atoms with Crippen LogP contribution in [0.5, 0.6) is 5.75 Å². The summed E-state index contributed by atoms with van der Waals surface area (Å²) in [6, 6.07) is 8.77. The molecule has 7 heteroatoms. The second-order valence-corrected chi connectivity index (χ2v) is 8.92. The number of aliphatic hydroxyl groups excluding tert-OH is 1. The maximum absolute atomic E-state index is 13.6. The Morgan fingerprint density at radius 3 is 2.50 bits per heavy atom. The van der Waals surface area contributed by atoms with E-state index in [1.807, 2.05) is 6.07 Å². The van der Waals surface area contributed by atoms with Crippen LogP contribution >= 0.6 is 0 Å². The summed E-state index contributed by atoms with van der Waals surface area (Å²) in [6.07, 6.45) is 0.887. The third kappa shape index (κ3) is 6.74. The minimum atomic E-state index is -0.949. The predicted octanol–water partition coefficient (Wildman–Crippen LogP) is 3.68. The van der Waals surface area contributed by atoms with Gasteiger partial charge in [0.1, 0.15) is 17.4 Å². The molecule has 0 unspecified atom stereocenters. The largest absolute Gasteiger partial charge is 0.493 e. The van der Waals surface area contributed by atoms with Crippen LogP contribution in [-0.4, -0.2) is 36.3 Å². The molecule has 1 aliphatic rings. The SMILES string of the molecule is CC(=O)N[C@@H](Cc1cc(F)cc(F)c1)[C@H](O)CN[C@H]1CCOc2ccc(CC(C)C)cc21. The molecule has 0 saturated carbocycles. The lowest BCUT2D eigenvalue weighted by Gasteiger charge is -2.30. The summed E-state index contributed by atoms with van der Waals surface area (Å²) in [5.74, 6) is -0.322. The summed E-state index contributed by atoms with van der Waals surface area (Å²) >= 11 is 0. The molecule has 3 N–H and O–H groups in total. The van der Waals surface area contributed by atoms with Crippen LogP contribution in [-0.2, 0) is 17.6 Å². The fourth-order valence-corrected chi connectivity index (χ4v) is 4.19. The molecule has 2 aromatic carbocycles. The van der Waals surface area contributed by atoms with E-state index in [9.17, 15) is 18.7 Å². The average Bonchev–Trinajstić information content (AvgIpc) is 2.70. The number of fused-ring (bicyclic) bond motifs is 1. The van der Waals surface area contributed by atoms with Gasteiger partial charge in [-0.3, -0.25) is 4.79 Å². The highest BCUT2D eigenvalue weighted by atomic mass is 19.1. The number of halogens is 2. The molecule has 0 radical (unpaired) electrons. The Kier molecular flexibility index (Phi) is 8.21. The Hall–Kier alpha value is -2.51. The molecule has 0 spiro atoms. The van der Waals surface area contributed by atoms with Crippen molar-refractivity contribution in [1.82, 2.24) is 10.6 Å². The van der Waals surface area contributed by atoms with Gasteiger partial charge in [0.05, 0.1) is 18.8 Å². The first-order valence-corrected chi connectivity index (χ1v) is 11.1. The summed E-state index contributed by atoms with van der Waals surface area (Å²) in [6.45, 7) is 6.48. The van der Waals surface area contributed by atoms with Crippen LogP contribution in [0.4, 0.5) is 8.78 Å². The van der Waals surface area contributed by atoms with Crippen molar-refractivity contribution in [1.29, 1.82) is 0 Å². The lowest BCUT2D eigenvalue weighted by atomic mass is 9.94. The minimum Gasteiger partial charge on any atom is -0.493 e. The maximum Gasteiger partial charge on any atom is 0.217 e. The number of carbonyl (C=O) groups is 1. The van der Waals surface area contributed by atoms with Gasteiger partial charge in [-0.2, -0.15) is 0 Å². The number of aliphatic hydroxyl groups is 1. The van der Waals surface area contributed by atoms with Gasteiger partial charge in [-0.15, -0.1) is 0 Å². The Balaban J connectivity index is 1.69. The molecule has 32 heavy (non-hydrogen) atoms. The third-order valence-corrected chi connectivity index (χ3v) is 5.56. The zero-order valence-electron chi connectivity index (χ0n) is 18.8. The van der Waals surface area contributed by atoms with Crippen LogP contribution in [0.3, 0.4) is 0 Å². The van der Waals surface area contributed by atoms with E-state index in [2.05, 4.69) is 36.6 Å². The standard InChI is InChI=1S/C25H32F2N2O3/c1-15(2)8-17-4-5-25-21(11-17)22(6-7-32-25)28-14-24(31)23(29-16(3)30)12-18-9-19(26)13-20(27)10-18/h4-5,9-11,13,15,22-24,28,31H,6-8,12,14H2,1-3H3,(H,29,30)/t22-,23-,24+/m0/s1. The van der Waals surface area contributed by atoms with Crippen LogP contribution in [0.1, 0.15) is 49.9 Å². The minimum absolute atomic E-state index is 0.00473. The van der Waals surface area contributed by atoms with E-state index in [0.29, 0.717) is 18.1 Å². The van der Waals surface area contributed by atoms with Crippen molar-refractivity contribution in [3.63, 3.8) is 0 Å². The Labute approximate surface area is 188 Å². The van der Waals surface area contributed by atoms with Crippen LogP contribution in [0.2, 0.25) is 0 Å². The van der Waals surface area contributed by atoms with Gasteiger partial charge in [0.2, 0.25) is 5.91 Å².